The molecule has 1 fully saturated rings. The third-order valence-corrected chi connectivity index (χ3v) is 4.62. The van der Waals surface area contributed by atoms with Gasteiger partial charge in [0.05, 0.1) is 26.3 Å². The number of nitrogens with zero attached hydrogens (tertiary/aromatic N) is 6. The predicted molar refractivity (Wildman–Crippen MR) is 96.3 cm³/mol. The van der Waals surface area contributed by atoms with Gasteiger partial charge in [0.25, 0.3) is 0 Å². The molecule has 3 rings (SSSR count). The normalized spacial score (nSPS) is 15.1. The van der Waals surface area contributed by atoms with E-state index in [0.717, 1.165) is 38.5 Å². The van der Waals surface area contributed by atoms with Gasteiger partial charge in [-0.2, -0.15) is 0 Å². The fourth-order valence-electron chi connectivity index (χ4n) is 2.93. The number of hydrogen-bond donors (Lipinski definition) is 0. The van der Waals surface area contributed by atoms with Gasteiger partial charge >= 0.3 is 0 Å². The van der Waals surface area contributed by atoms with E-state index in [4.69, 9.17) is 4.74 Å². The van der Waals surface area contributed by atoms with E-state index in [2.05, 4.69) is 32.6 Å². The minimum absolute atomic E-state index is 0.105. The van der Waals surface area contributed by atoms with Gasteiger partial charge in [0.2, 0.25) is 5.91 Å². The van der Waals surface area contributed by atoms with E-state index >= 15 is 0 Å². The van der Waals surface area contributed by atoms with Gasteiger partial charge in [-0.3, -0.25) is 9.69 Å². The molecule has 1 aliphatic rings. The molecule has 2 aromatic rings. The Morgan fingerprint density at radius 3 is 2.77 bits per heavy atom. The molecule has 0 bridgehead atoms. The fraction of sp³-hybridized carbons (Fsp3) is 0.556. The molecule has 140 valence electrons. The van der Waals surface area contributed by atoms with Gasteiger partial charge in [-0.15, -0.1) is 5.10 Å². The summed E-state index contributed by atoms with van der Waals surface area (Å²) in [5.74, 6) is 0.903. The number of benzene rings is 1. The molecule has 0 saturated carbocycles. The summed E-state index contributed by atoms with van der Waals surface area (Å²) in [7, 11) is 1.85. The summed E-state index contributed by atoms with van der Waals surface area (Å²) in [5.41, 5.74) is 1.24. The third kappa shape index (κ3) is 5.34. The zero-order valence-electron chi connectivity index (χ0n) is 15.3. The van der Waals surface area contributed by atoms with Crippen LogP contribution in [0.15, 0.2) is 30.3 Å². The van der Waals surface area contributed by atoms with Crippen LogP contribution in [0.3, 0.4) is 0 Å². The highest BCUT2D eigenvalue weighted by Gasteiger charge is 2.16. The number of carbonyl (C=O) groups is 1. The minimum atomic E-state index is 0.105. The maximum absolute atomic E-state index is 12.4. The molecule has 26 heavy (non-hydrogen) atoms. The van der Waals surface area contributed by atoms with Crippen molar-refractivity contribution in [1.29, 1.82) is 0 Å². The highest BCUT2D eigenvalue weighted by molar-refractivity contribution is 5.75. The van der Waals surface area contributed by atoms with Crippen LogP contribution in [0.25, 0.3) is 0 Å². The maximum Gasteiger partial charge on any atom is 0.224 e. The van der Waals surface area contributed by atoms with Crippen LogP contribution in [0.2, 0.25) is 0 Å². The van der Waals surface area contributed by atoms with E-state index in [0.29, 0.717) is 26.1 Å². The Hall–Kier alpha value is -2.32. The van der Waals surface area contributed by atoms with Gasteiger partial charge in [-0.05, 0) is 22.4 Å². The molecule has 0 radical (unpaired) electrons. The first-order chi connectivity index (χ1) is 12.7. The first-order valence-corrected chi connectivity index (χ1v) is 9.05. The van der Waals surface area contributed by atoms with Crippen molar-refractivity contribution in [2.24, 2.45) is 0 Å². The van der Waals surface area contributed by atoms with E-state index in [1.54, 1.807) is 9.58 Å². The second-order valence-electron chi connectivity index (χ2n) is 6.51. The molecule has 0 atom stereocenters. The molecule has 8 heteroatoms. The quantitative estimate of drug-likeness (QED) is 0.688. The second-order valence-corrected chi connectivity index (χ2v) is 6.51. The lowest BCUT2D eigenvalue weighted by molar-refractivity contribution is -0.130. The Morgan fingerprint density at radius 1 is 1.23 bits per heavy atom. The molecule has 1 aliphatic heterocycles. The van der Waals surface area contributed by atoms with Crippen LogP contribution in [0, 0.1) is 0 Å². The van der Waals surface area contributed by atoms with Crippen molar-refractivity contribution in [2.45, 2.75) is 25.9 Å². The molecule has 0 aliphatic carbocycles. The summed E-state index contributed by atoms with van der Waals surface area (Å²) >= 11 is 0. The molecule has 1 saturated heterocycles. The number of ether oxygens (including phenoxy) is 1. The predicted octanol–water partition coefficient (Wildman–Crippen LogP) is 0.597. The van der Waals surface area contributed by atoms with Gasteiger partial charge in [-0.1, -0.05) is 30.3 Å². The first-order valence-electron chi connectivity index (χ1n) is 9.05. The fourth-order valence-corrected chi connectivity index (χ4v) is 2.93. The topological polar surface area (TPSA) is 76.4 Å². The second kappa shape index (κ2) is 9.40. The van der Waals surface area contributed by atoms with E-state index in [1.165, 1.54) is 5.56 Å². The molecule has 1 amide bonds. The Kier molecular flexibility index (Phi) is 6.68. The number of carbonyl (C=O) groups excluding carboxylic acids is 1. The first kappa shape index (κ1) is 18.5. The molecule has 1 aromatic carbocycles. The summed E-state index contributed by atoms with van der Waals surface area (Å²) in [6.07, 6.45) is 1.25. The van der Waals surface area contributed by atoms with Crippen LogP contribution in [-0.2, 0) is 29.0 Å². The summed E-state index contributed by atoms with van der Waals surface area (Å²) < 4.78 is 7.09. The van der Waals surface area contributed by atoms with Crippen LogP contribution in [0.5, 0.6) is 0 Å². The highest BCUT2D eigenvalue weighted by atomic mass is 16.5. The van der Waals surface area contributed by atoms with E-state index in [9.17, 15) is 4.79 Å². The Balaban J connectivity index is 1.44. The Labute approximate surface area is 153 Å². The lowest BCUT2D eigenvalue weighted by Gasteiger charge is -2.25. The molecule has 0 N–H and O–H groups in total. The van der Waals surface area contributed by atoms with Gasteiger partial charge in [0, 0.05) is 33.1 Å². The summed E-state index contributed by atoms with van der Waals surface area (Å²) in [4.78, 5) is 16.4. The van der Waals surface area contributed by atoms with Crippen LogP contribution < -0.4 is 0 Å². The van der Waals surface area contributed by atoms with Crippen molar-refractivity contribution in [3.63, 3.8) is 0 Å². The number of likely N-dealkylation sites (N-methyl/N-ethyl adjacent to an activating group) is 1. The Morgan fingerprint density at radius 2 is 2.00 bits per heavy atom. The van der Waals surface area contributed by atoms with E-state index in [1.807, 2.05) is 25.2 Å². The van der Waals surface area contributed by atoms with Crippen molar-refractivity contribution < 1.29 is 9.53 Å². The van der Waals surface area contributed by atoms with Crippen molar-refractivity contribution in [3.8, 4) is 0 Å². The summed E-state index contributed by atoms with van der Waals surface area (Å²) in [6.45, 7) is 5.15. The standard InChI is InChI=1S/C18H26N6O2/c1-22(9-7-16-5-3-2-4-6-16)18(25)8-10-24-17(19-20-21-24)15-23-11-13-26-14-12-23/h2-6H,7-15H2,1H3. The number of morpholine rings is 1. The Bertz CT molecular complexity index is 684. The van der Waals surface area contributed by atoms with Crippen LogP contribution >= 0.6 is 0 Å². The number of tetrazole rings is 1. The highest BCUT2D eigenvalue weighted by Crippen LogP contribution is 2.06. The van der Waals surface area contributed by atoms with Crippen molar-refractivity contribution in [3.05, 3.63) is 41.7 Å². The largest absolute Gasteiger partial charge is 0.379 e. The van der Waals surface area contributed by atoms with Crippen molar-refractivity contribution in [1.82, 2.24) is 30.0 Å². The molecule has 8 nitrogen and oxygen atoms in total. The van der Waals surface area contributed by atoms with Gasteiger partial charge in [-0.25, -0.2) is 4.68 Å². The lowest BCUT2D eigenvalue weighted by atomic mass is 10.1. The zero-order chi connectivity index (χ0) is 18.2. The summed E-state index contributed by atoms with van der Waals surface area (Å²) in [6, 6.07) is 10.2. The molecular weight excluding hydrogens is 332 g/mol. The smallest absolute Gasteiger partial charge is 0.224 e. The lowest BCUT2D eigenvalue weighted by Crippen LogP contribution is -2.36. The number of aromatic nitrogens is 4. The van der Waals surface area contributed by atoms with E-state index in [-0.39, 0.29) is 5.91 Å². The molecule has 1 aromatic heterocycles. The SMILES string of the molecule is CN(CCc1ccccc1)C(=O)CCn1nnnc1CN1CCOCC1. The average Bonchev–Trinajstić information content (AvgIpc) is 3.12. The number of amides is 1. The van der Waals surface area contributed by atoms with Crippen molar-refractivity contribution in [2.75, 3.05) is 39.9 Å². The minimum Gasteiger partial charge on any atom is -0.379 e. The van der Waals surface area contributed by atoms with Gasteiger partial charge < -0.3 is 9.64 Å². The molecule has 0 spiro atoms. The number of rotatable bonds is 8. The van der Waals surface area contributed by atoms with Crippen LogP contribution in [0.1, 0.15) is 17.8 Å². The monoisotopic (exact) mass is 358 g/mol. The summed E-state index contributed by atoms with van der Waals surface area (Å²) in [5, 5.41) is 11.9. The van der Waals surface area contributed by atoms with Gasteiger partial charge in [0.1, 0.15) is 0 Å². The molecular formula is C18H26N6O2. The van der Waals surface area contributed by atoms with E-state index < -0.39 is 0 Å². The molecule has 2 heterocycles. The van der Waals surface area contributed by atoms with Crippen molar-refractivity contribution >= 4 is 5.91 Å². The number of aryl methyl sites for hydroxylation is 1. The van der Waals surface area contributed by atoms with Crippen LogP contribution in [0.4, 0.5) is 0 Å². The third-order valence-electron chi connectivity index (χ3n) is 4.62. The maximum atomic E-state index is 12.4. The van der Waals surface area contributed by atoms with Crippen LogP contribution in [-0.4, -0.2) is 75.8 Å². The average molecular weight is 358 g/mol. The zero-order valence-corrected chi connectivity index (χ0v) is 15.3. The molecule has 0 unspecified atom stereocenters. The number of hydrogen-bond acceptors (Lipinski definition) is 6. The van der Waals surface area contributed by atoms with Gasteiger partial charge in [0.15, 0.2) is 5.82 Å².